The number of methoxy groups -OCH3 is 1. The van der Waals surface area contributed by atoms with Gasteiger partial charge in [0, 0.05) is 11.3 Å². The molecule has 0 saturated carbocycles. The van der Waals surface area contributed by atoms with E-state index >= 15 is 0 Å². The number of anilines is 1. The molecule has 4 aromatic rings. The van der Waals surface area contributed by atoms with E-state index < -0.39 is 23.7 Å². The van der Waals surface area contributed by atoms with Crippen molar-refractivity contribution in [2.24, 2.45) is 0 Å². The number of rotatable bonds is 11. The number of carbonyl (C=O) groups is 3. The fourth-order valence-corrected chi connectivity index (χ4v) is 6.43. The monoisotopic (exact) mass is 633 g/mol. The molecule has 1 N–H and O–H groups in total. The van der Waals surface area contributed by atoms with E-state index in [1.807, 2.05) is 0 Å². The first-order valence-corrected chi connectivity index (χ1v) is 15.5. The number of ether oxygens (including phenoxy) is 2. The van der Waals surface area contributed by atoms with Gasteiger partial charge in [-0.1, -0.05) is 66.8 Å². The Labute approximate surface area is 261 Å². The van der Waals surface area contributed by atoms with Crippen LogP contribution >= 0.6 is 23.1 Å². The molecule has 1 aliphatic heterocycles. The van der Waals surface area contributed by atoms with Gasteiger partial charge in [-0.05, 0) is 60.0 Å². The van der Waals surface area contributed by atoms with Crippen LogP contribution in [0.2, 0.25) is 0 Å². The molecular weight excluding hydrogens is 605 g/mol. The third-order valence-corrected chi connectivity index (χ3v) is 9.00. The van der Waals surface area contributed by atoms with E-state index in [1.165, 1.54) is 42.0 Å². The van der Waals surface area contributed by atoms with Gasteiger partial charge in [0.1, 0.15) is 17.3 Å². The number of Topliss-reactive ketones (excluding diaryl/α,β-unsaturated/α-hetero) is 1. The van der Waals surface area contributed by atoms with Gasteiger partial charge in [-0.2, -0.15) is 0 Å². The lowest BCUT2D eigenvalue weighted by Crippen LogP contribution is -2.29. The topological polar surface area (TPSA) is 119 Å². The summed E-state index contributed by atoms with van der Waals surface area (Å²) in [4.78, 5) is 40.3. The van der Waals surface area contributed by atoms with Crippen LogP contribution in [0.3, 0.4) is 0 Å². The number of aromatic nitrogens is 2. The minimum Gasteiger partial charge on any atom is -0.507 e. The van der Waals surface area contributed by atoms with Crippen LogP contribution in [0.5, 0.6) is 5.75 Å². The van der Waals surface area contributed by atoms with E-state index in [4.69, 9.17) is 9.47 Å². The third kappa shape index (κ3) is 6.51. The van der Waals surface area contributed by atoms with Gasteiger partial charge in [-0.3, -0.25) is 14.5 Å². The first-order valence-electron chi connectivity index (χ1n) is 13.7. The molecule has 1 atom stereocenters. The summed E-state index contributed by atoms with van der Waals surface area (Å²) in [6.45, 7) is 2.61. The summed E-state index contributed by atoms with van der Waals surface area (Å²) >= 11 is 2.31. The Morgan fingerprint density at radius 3 is 2.41 bits per heavy atom. The van der Waals surface area contributed by atoms with Gasteiger partial charge in [-0.25, -0.2) is 9.18 Å². The molecule has 0 aliphatic carbocycles. The highest BCUT2D eigenvalue weighted by molar-refractivity contribution is 8.00. The molecule has 0 spiro atoms. The molecule has 1 saturated heterocycles. The molecule has 0 bridgehead atoms. The average Bonchev–Trinajstić information content (AvgIpc) is 3.62. The Kier molecular flexibility index (Phi) is 9.71. The normalized spacial score (nSPS) is 15.9. The number of ketones is 1. The van der Waals surface area contributed by atoms with Crippen molar-refractivity contribution in [2.75, 3.05) is 18.6 Å². The predicted octanol–water partition coefficient (Wildman–Crippen LogP) is 6.56. The van der Waals surface area contributed by atoms with Gasteiger partial charge >= 0.3 is 11.9 Å². The van der Waals surface area contributed by atoms with Crippen molar-refractivity contribution in [2.45, 2.75) is 35.9 Å². The van der Waals surface area contributed by atoms with E-state index in [0.717, 1.165) is 24.2 Å². The predicted molar refractivity (Wildman–Crippen MR) is 165 cm³/mol. The number of benzene rings is 3. The smallest absolute Gasteiger partial charge is 0.337 e. The molecule has 12 heteroatoms. The number of nitrogens with zero attached hydrogens (tertiary/aromatic N) is 3. The van der Waals surface area contributed by atoms with E-state index in [1.54, 1.807) is 54.6 Å². The number of thioether (sulfide) groups is 1. The Morgan fingerprint density at radius 1 is 1.02 bits per heavy atom. The highest BCUT2D eigenvalue weighted by atomic mass is 32.2. The molecule has 226 valence electrons. The van der Waals surface area contributed by atoms with Crippen molar-refractivity contribution >= 4 is 51.6 Å². The summed E-state index contributed by atoms with van der Waals surface area (Å²) in [7, 11) is 1.27. The average molecular weight is 634 g/mol. The molecule has 1 unspecified atom stereocenters. The fourth-order valence-electron chi connectivity index (χ4n) is 4.58. The zero-order valence-corrected chi connectivity index (χ0v) is 25.5. The second kappa shape index (κ2) is 13.8. The van der Waals surface area contributed by atoms with Crippen LogP contribution in [-0.4, -0.2) is 46.7 Å². The lowest BCUT2D eigenvalue weighted by Gasteiger charge is -2.22. The number of esters is 1. The number of hydrogen-bond acceptors (Lipinski definition) is 10. The Balaban J connectivity index is 1.51. The Hall–Kier alpha value is -4.55. The van der Waals surface area contributed by atoms with Crippen LogP contribution in [0.15, 0.2) is 82.7 Å². The molecule has 2 heterocycles. The van der Waals surface area contributed by atoms with Crippen molar-refractivity contribution in [3.05, 3.63) is 106 Å². The lowest BCUT2D eigenvalue weighted by molar-refractivity contribution is -0.132. The van der Waals surface area contributed by atoms with Crippen LogP contribution in [0.1, 0.15) is 52.9 Å². The van der Waals surface area contributed by atoms with Crippen molar-refractivity contribution in [1.82, 2.24) is 10.2 Å². The van der Waals surface area contributed by atoms with Gasteiger partial charge in [0.2, 0.25) is 5.13 Å². The van der Waals surface area contributed by atoms with Gasteiger partial charge in [0.15, 0.2) is 4.34 Å². The maximum atomic E-state index is 14.1. The lowest BCUT2D eigenvalue weighted by atomic mass is 9.94. The maximum absolute atomic E-state index is 14.1. The molecule has 1 amide bonds. The number of hydrogen-bond donors (Lipinski definition) is 1. The minimum absolute atomic E-state index is 0.129. The Bertz CT molecular complexity index is 1710. The second-order valence-corrected chi connectivity index (χ2v) is 11.9. The van der Waals surface area contributed by atoms with Crippen molar-refractivity contribution < 1.29 is 33.4 Å². The molecule has 0 radical (unpaired) electrons. The number of unbranched alkanes of at least 4 members (excludes halogenated alkanes) is 1. The first-order chi connectivity index (χ1) is 21.3. The SMILES string of the molecule is CCCCOc1ccc(C(O)=C2C(=O)C(=O)N(c3nnc(SCc4ccccc4F)s3)C2c2ccc(C(=O)OC)cc2)cc1. The summed E-state index contributed by atoms with van der Waals surface area (Å²) < 4.78 is 25.1. The van der Waals surface area contributed by atoms with Crippen LogP contribution in [0.25, 0.3) is 5.76 Å². The number of amides is 1. The standard InChI is InChI=1S/C32H28FN3O6S2/c1-3-4-17-42-23-15-13-20(14-16-23)27(37)25-26(19-9-11-21(12-10-19)30(40)41-2)36(29(39)28(25)38)31-34-35-32(44-31)43-18-22-7-5-6-8-24(22)33/h5-16,26,37H,3-4,17-18H2,1-2H3. The molecule has 44 heavy (non-hydrogen) atoms. The molecule has 5 rings (SSSR count). The van der Waals surface area contributed by atoms with Crippen LogP contribution < -0.4 is 9.64 Å². The summed E-state index contributed by atoms with van der Waals surface area (Å²) in [5, 5.41) is 19.9. The third-order valence-electron chi connectivity index (χ3n) is 6.90. The van der Waals surface area contributed by atoms with E-state index in [-0.39, 0.29) is 33.6 Å². The molecule has 1 aliphatic rings. The molecule has 3 aromatic carbocycles. The molecular formula is C32H28FN3O6S2. The summed E-state index contributed by atoms with van der Waals surface area (Å²) in [5.74, 6) is -2.15. The van der Waals surface area contributed by atoms with Gasteiger partial charge in [0.05, 0.1) is 30.9 Å². The van der Waals surface area contributed by atoms with E-state index in [2.05, 4.69) is 17.1 Å². The van der Waals surface area contributed by atoms with Gasteiger partial charge in [-0.15, -0.1) is 10.2 Å². The quantitative estimate of drug-likeness (QED) is 0.0372. The van der Waals surface area contributed by atoms with E-state index in [0.29, 0.717) is 33.4 Å². The van der Waals surface area contributed by atoms with Crippen molar-refractivity contribution in [3.63, 3.8) is 0 Å². The van der Waals surface area contributed by atoms with Crippen molar-refractivity contribution in [1.29, 1.82) is 0 Å². The maximum Gasteiger partial charge on any atom is 0.337 e. The van der Waals surface area contributed by atoms with Crippen LogP contribution in [0, 0.1) is 5.82 Å². The molecule has 1 fully saturated rings. The minimum atomic E-state index is -1.07. The van der Waals surface area contributed by atoms with Crippen LogP contribution in [0.4, 0.5) is 9.52 Å². The van der Waals surface area contributed by atoms with Crippen LogP contribution in [-0.2, 0) is 20.1 Å². The zero-order chi connectivity index (χ0) is 31.2. The van der Waals surface area contributed by atoms with Crippen molar-refractivity contribution in [3.8, 4) is 5.75 Å². The summed E-state index contributed by atoms with van der Waals surface area (Å²) in [6, 6.07) is 18.1. The largest absolute Gasteiger partial charge is 0.507 e. The summed E-state index contributed by atoms with van der Waals surface area (Å²) in [5.41, 5.74) is 1.39. The van der Waals surface area contributed by atoms with E-state index in [9.17, 15) is 23.9 Å². The number of aliphatic hydroxyl groups excluding tert-OH is 1. The highest BCUT2D eigenvalue weighted by Crippen LogP contribution is 2.44. The molecule has 1 aromatic heterocycles. The number of aliphatic hydroxyl groups is 1. The second-order valence-electron chi connectivity index (χ2n) is 9.74. The first kappa shape index (κ1) is 30.9. The number of carbonyl (C=O) groups excluding carboxylic acids is 3. The fraction of sp³-hybridized carbons (Fsp3) is 0.219. The zero-order valence-electron chi connectivity index (χ0n) is 23.9. The molecule has 9 nitrogen and oxygen atoms in total. The Morgan fingerprint density at radius 2 is 1.73 bits per heavy atom. The summed E-state index contributed by atoms with van der Waals surface area (Å²) in [6.07, 6.45) is 1.88. The van der Waals surface area contributed by atoms with Gasteiger partial charge < -0.3 is 14.6 Å². The van der Waals surface area contributed by atoms with Gasteiger partial charge in [0.25, 0.3) is 5.78 Å². The highest BCUT2D eigenvalue weighted by Gasteiger charge is 2.48. The number of halogens is 1.